The first-order chi connectivity index (χ1) is 17.3. The zero-order valence-electron chi connectivity index (χ0n) is 21.7. The lowest BCUT2D eigenvalue weighted by Gasteiger charge is -2.26. The summed E-state index contributed by atoms with van der Waals surface area (Å²) >= 11 is 0. The number of aryl methyl sites for hydroxylation is 2. The lowest BCUT2D eigenvalue weighted by molar-refractivity contribution is 0.0722. The zero-order chi connectivity index (χ0) is 26.0. The molecule has 0 saturated heterocycles. The maximum Gasteiger partial charge on any atom is 0.290 e. The Morgan fingerprint density at radius 3 is 2.53 bits per heavy atom. The highest BCUT2D eigenvalue weighted by Crippen LogP contribution is 2.41. The average molecular weight is 491 g/mol. The van der Waals surface area contributed by atoms with E-state index in [1.54, 1.807) is 11.0 Å². The molecule has 0 bridgehead atoms. The molecule has 0 saturated carbocycles. The molecule has 1 amide bonds. The Morgan fingerprint density at radius 2 is 1.83 bits per heavy atom. The maximum absolute atomic E-state index is 13.8. The summed E-state index contributed by atoms with van der Waals surface area (Å²) in [6.45, 7) is 11.6. The second-order valence-corrected chi connectivity index (χ2v) is 9.40. The van der Waals surface area contributed by atoms with Crippen molar-refractivity contribution in [2.75, 3.05) is 40.4 Å². The van der Waals surface area contributed by atoms with E-state index in [0.29, 0.717) is 47.8 Å². The van der Waals surface area contributed by atoms with Gasteiger partial charge in [-0.05, 0) is 88.8 Å². The van der Waals surface area contributed by atoms with E-state index in [2.05, 4.69) is 11.5 Å². The molecule has 3 aromatic rings. The van der Waals surface area contributed by atoms with E-state index in [1.165, 1.54) is 0 Å². The van der Waals surface area contributed by atoms with Crippen LogP contribution in [-0.4, -0.2) is 56.1 Å². The SMILES string of the molecule is C=CCOc1ccc([C@H]2c3c(oc4cc(C)c(C)cc4c3=O)C(=O)N2CCCN(C)C)cc1OCC. The number of ether oxygens (including phenoxy) is 2. The second kappa shape index (κ2) is 10.6. The molecule has 7 nitrogen and oxygen atoms in total. The average Bonchev–Trinajstić information content (AvgIpc) is 3.11. The summed E-state index contributed by atoms with van der Waals surface area (Å²) in [5.74, 6) is 0.995. The highest BCUT2D eigenvalue weighted by molar-refractivity contribution is 5.99. The van der Waals surface area contributed by atoms with Crippen molar-refractivity contribution in [2.45, 2.75) is 33.2 Å². The third-order valence-electron chi connectivity index (χ3n) is 6.53. The van der Waals surface area contributed by atoms with Crippen molar-refractivity contribution in [1.82, 2.24) is 9.80 Å². The Hall–Kier alpha value is -3.58. The van der Waals surface area contributed by atoms with Crippen molar-refractivity contribution in [3.05, 3.63) is 81.2 Å². The monoisotopic (exact) mass is 490 g/mol. The number of benzene rings is 2. The molecular formula is C29H34N2O5. The molecule has 0 radical (unpaired) electrons. The summed E-state index contributed by atoms with van der Waals surface area (Å²) in [4.78, 5) is 31.3. The van der Waals surface area contributed by atoms with E-state index >= 15 is 0 Å². The van der Waals surface area contributed by atoms with Crippen molar-refractivity contribution in [3.8, 4) is 11.5 Å². The summed E-state index contributed by atoms with van der Waals surface area (Å²) in [5, 5.41) is 0.487. The van der Waals surface area contributed by atoms with Gasteiger partial charge >= 0.3 is 0 Å². The largest absolute Gasteiger partial charge is 0.490 e. The summed E-state index contributed by atoms with van der Waals surface area (Å²) in [6.07, 6.45) is 2.43. The summed E-state index contributed by atoms with van der Waals surface area (Å²) in [5.41, 5.74) is 3.42. The van der Waals surface area contributed by atoms with E-state index in [1.807, 2.05) is 65.2 Å². The van der Waals surface area contributed by atoms with Crippen LogP contribution in [0, 0.1) is 13.8 Å². The minimum atomic E-state index is -0.579. The molecule has 7 heteroatoms. The first-order valence-corrected chi connectivity index (χ1v) is 12.3. The molecule has 0 spiro atoms. The fourth-order valence-corrected chi connectivity index (χ4v) is 4.64. The molecule has 0 N–H and O–H groups in total. The first kappa shape index (κ1) is 25.5. The van der Waals surface area contributed by atoms with Crippen LogP contribution in [0.15, 0.2) is 52.2 Å². The van der Waals surface area contributed by atoms with Crippen LogP contribution in [0.25, 0.3) is 11.0 Å². The van der Waals surface area contributed by atoms with E-state index in [0.717, 1.165) is 29.7 Å². The normalized spacial score (nSPS) is 15.0. The minimum absolute atomic E-state index is 0.121. The molecule has 190 valence electrons. The standard InChI is InChI=1S/C29H34N2O5/c1-7-14-35-22-11-10-20(17-24(22)34-8-2)26-25-27(32)21-15-18(3)19(4)16-23(21)36-28(25)29(33)31(26)13-9-12-30(5)6/h7,10-11,15-17,26H,1,8-9,12-14H2,2-6H3/t26-/m0/s1. The van der Waals surface area contributed by atoms with E-state index in [4.69, 9.17) is 13.9 Å². The first-order valence-electron chi connectivity index (χ1n) is 12.3. The van der Waals surface area contributed by atoms with Gasteiger partial charge in [-0.3, -0.25) is 9.59 Å². The van der Waals surface area contributed by atoms with Gasteiger partial charge in [0, 0.05) is 6.54 Å². The molecule has 1 aliphatic heterocycles. The van der Waals surface area contributed by atoms with Crippen LogP contribution in [0.2, 0.25) is 0 Å². The van der Waals surface area contributed by atoms with Crippen LogP contribution in [0.1, 0.15) is 52.2 Å². The number of amides is 1. The van der Waals surface area contributed by atoms with Crippen LogP contribution < -0.4 is 14.9 Å². The number of carbonyl (C=O) groups is 1. The van der Waals surface area contributed by atoms with Crippen LogP contribution >= 0.6 is 0 Å². The van der Waals surface area contributed by atoms with Gasteiger partial charge in [0.25, 0.3) is 5.91 Å². The fourth-order valence-electron chi connectivity index (χ4n) is 4.64. The lowest BCUT2D eigenvalue weighted by atomic mass is 9.97. The van der Waals surface area contributed by atoms with Crippen molar-refractivity contribution in [1.29, 1.82) is 0 Å². The van der Waals surface area contributed by atoms with Gasteiger partial charge in [0.05, 0.1) is 23.6 Å². The Labute approximate surface area is 211 Å². The van der Waals surface area contributed by atoms with Gasteiger partial charge in [-0.2, -0.15) is 0 Å². The fraction of sp³-hybridized carbons (Fsp3) is 0.379. The van der Waals surface area contributed by atoms with Crippen molar-refractivity contribution >= 4 is 16.9 Å². The van der Waals surface area contributed by atoms with Gasteiger partial charge < -0.3 is 23.7 Å². The van der Waals surface area contributed by atoms with Crippen molar-refractivity contribution in [2.24, 2.45) is 0 Å². The Bertz CT molecular complexity index is 1360. The van der Waals surface area contributed by atoms with Crippen LogP contribution in [0.3, 0.4) is 0 Å². The molecule has 0 fully saturated rings. The predicted molar refractivity (Wildman–Crippen MR) is 141 cm³/mol. The Morgan fingerprint density at radius 1 is 1.08 bits per heavy atom. The van der Waals surface area contributed by atoms with Crippen molar-refractivity contribution < 1.29 is 18.7 Å². The Balaban J connectivity index is 1.88. The topological polar surface area (TPSA) is 72.2 Å². The number of hydrogen-bond acceptors (Lipinski definition) is 6. The molecule has 2 heterocycles. The summed E-state index contributed by atoms with van der Waals surface area (Å²) < 4.78 is 17.7. The highest BCUT2D eigenvalue weighted by atomic mass is 16.5. The molecule has 1 atom stereocenters. The molecule has 4 rings (SSSR count). The van der Waals surface area contributed by atoms with E-state index in [9.17, 15) is 9.59 Å². The van der Waals surface area contributed by atoms with E-state index < -0.39 is 6.04 Å². The summed E-state index contributed by atoms with van der Waals surface area (Å²) in [7, 11) is 3.99. The van der Waals surface area contributed by atoms with Crippen LogP contribution in [0.5, 0.6) is 11.5 Å². The van der Waals surface area contributed by atoms with Crippen LogP contribution in [0.4, 0.5) is 0 Å². The number of carbonyl (C=O) groups excluding carboxylic acids is 1. The third-order valence-corrected chi connectivity index (χ3v) is 6.53. The highest BCUT2D eigenvalue weighted by Gasteiger charge is 2.42. The van der Waals surface area contributed by atoms with Gasteiger partial charge in [-0.1, -0.05) is 18.7 Å². The zero-order valence-corrected chi connectivity index (χ0v) is 21.7. The lowest BCUT2D eigenvalue weighted by Crippen LogP contribution is -2.32. The predicted octanol–water partition coefficient (Wildman–Crippen LogP) is 4.87. The molecule has 0 aliphatic carbocycles. The molecule has 2 aromatic carbocycles. The number of nitrogens with zero attached hydrogens (tertiary/aromatic N) is 2. The van der Waals surface area contributed by atoms with Gasteiger partial charge in [0.15, 0.2) is 16.9 Å². The molecule has 1 aromatic heterocycles. The Kier molecular flexibility index (Phi) is 7.50. The van der Waals surface area contributed by atoms with Gasteiger partial charge in [0.2, 0.25) is 5.76 Å². The van der Waals surface area contributed by atoms with Gasteiger partial charge in [-0.25, -0.2) is 0 Å². The quantitative estimate of drug-likeness (QED) is 0.378. The number of rotatable bonds is 10. The third kappa shape index (κ3) is 4.75. The smallest absolute Gasteiger partial charge is 0.290 e. The second-order valence-electron chi connectivity index (χ2n) is 9.40. The van der Waals surface area contributed by atoms with Gasteiger partial charge in [-0.15, -0.1) is 0 Å². The maximum atomic E-state index is 13.8. The van der Waals surface area contributed by atoms with E-state index in [-0.39, 0.29) is 17.1 Å². The molecule has 1 aliphatic rings. The van der Waals surface area contributed by atoms with Gasteiger partial charge in [0.1, 0.15) is 12.2 Å². The number of hydrogen-bond donors (Lipinski definition) is 0. The molecule has 0 unspecified atom stereocenters. The molecule has 36 heavy (non-hydrogen) atoms. The number of fused-ring (bicyclic) bond motifs is 2. The summed E-state index contributed by atoms with van der Waals surface area (Å²) in [6, 6.07) is 8.67. The molecular weight excluding hydrogens is 456 g/mol. The van der Waals surface area contributed by atoms with Crippen LogP contribution in [-0.2, 0) is 0 Å². The minimum Gasteiger partial charge on any atom is -0.490 e. The van der Waals surface area contributed by atoms with Crippen molar-refractivity contribution in [3.63, 3.8) is 0 Å².